The third kappa shape index (κ3) is 2.61. The number of benzene rings is 2. The number of carbonyl (C=O) groups is 1. The molecule has 0 saturated heterocycles. The summed E-state index contributed by atoms with van der Waals surface area (Å²) in [6, 6.07) is 11.8. The van der Waals surface area contributed by atoms with Gasteiger partial charge in [0.05, 0.1) is 16.2 Å². The highest BCUT2D eigenvalue weighted by atomic mass is 19.1. The van der Waals surface area contributed by atoms with Gasteiger partial charge < -0.3 is 9.42 Å². The van der Waals surface area contributed by atoms with E-state index in [1.165, 1.54) is 35.2 Å². The van der Waals surface area contributed by atoms with E-state index in [0.29, 0.717) is 18.7 Å². The van der Waals surface area contributed by atoms with Gasteiger partial charge in [-0.3, -0.25) is 14.9 Å². The molecule has 0 unspecified atom stereocenters. The van der Waals surface area contributed by atoms with Crippen LogP contribution in [-0.4, -0.2) is 22.5 Å². The lowest BCUT2D eigenvalue weighted by Gasteiger charge is -2.15. The van der Waals surface area contributed by atoms with Crippen molar-refractivity contribution in [2.45, 2.75) is 6.42 Å². The molecule has 0 N–H and O–H groups in total. The molecule has 130 valence electrons. The number of non-ortho nitro benzene ring substituents is 1. The Morgan fingerprint density at radius 1 is 1.23 bits per heavy atom. The molecule has 1 aromatic heterocycles. The average Bonchev–Trinajstić information content (AvgIpc) is 3.28. The van der Waals surface area contributed by atoms with Gasteiger partial charge in [-0.15, -0.1) is 0 Å². The number of fused-ring (bicyclic) bond motifs is 1. The number of rotatable bonds is 3. The van der Waals surface area contributed by atoms with Crippen molar-refractivity contribution in [1.29, 1.82) is 0 Å². The number of anilines is 1. The first-order chi connectivity index (χ1) is 12.5. The maximum atomic E-state index is 13.9. The molecule has 4 rings (SSSR count). The van der Waals surface area contributed by atoms with Gasteiger partial charge in [-0.1, -0.05) is 23.4 Å². The van der Waals surface area contributed by atoms with Gasteiger partial charge in [0, 0.05) is 24.7 Å². The molecule has 8 heteroatoms. The smallest absolute Gasteiger partial charge is 0.280 e. The van der Waals surface area contributed by atoms with Gasteiger partial charge in [-0.05, 0) is 24.1 Å². The summed E-state index contributed by atoms with van der Waals surface area (Å²) >= 11 is 0. The number of nitrogens with zero attached hydrogens (tertiary/aromatic N) is 3. The van der Waals surface area contributed by atoms with E-state index in [2.05, 4.69) is 5.16 Å². The van der Waals surface area contributed by atoms with Gasteiger partial charge in [-0.25, -0.2) is 4.39 Å². The van der Waals surface area contributed by atoms with Gasteiger partial charge in [0.2, 0.25) is 0 Å². The lowest BCUT2D eigenvalue weighted by atomic mass is 10.1. The van der Waals surface area contributed by atoms with Crippen molar-refractivity contribution >= 4 is 17.3 Å². The number of hydrogen-bond donors (Lipinski definition) is 0. The summed E-state index contributed by atoms with van der Waals surface area (Å²) in [6.07, 6.45) is 0.594. The first-order valence-corrected chi connectivity index (χ1v) is 7.85. The van der Waals surface area contributed by atoms with E-state index in [1.54, 1.807) is 18.2 Å². The van der Waals surface area contributed by atoms with Crippen molar-refractivity contribution in [3.8, 4) is 11.3 Å². The molecule has 26 heavy (non-hydrogen) atoms. The molecule has 0 spiro atoms. The van der Waals surface area contributed by atoms with E-state index >= 15 is 0 Å². The Morgan fingerprint density at radius 2 is 2.04 bits per heavy atom. The Morgan fingerprint density at radius 3 is 2.81 bits per heavy atom. The average molecular weight is 353 g/mol. The van der Waals surface area contributed by atoms with Crippen molar-refractivity contribution in [2.24, 2.45) is 0 Å². The highest BCUT2D eigenvalue weighted by Crippen LogP contribution is 2.33. The normalized spacial score (nSPS) is 12.9. The minimum Gasteiger partial charge on any atom is -0.355 e. The Labute approximate surface area is 146 Å². The van der Waals surface area contributed by atoms with Crippen molar-refractivity contribution < 1.29 is 18.6 Å². The van der Waals surface area contributed by atoms with Gasteiger partial charge in [-0.2, -0.15) is 0 Å². The molecule has 1 aliphatic rings. The summed E-state index contributed by atoms with van der Waals surface area (Å²) in [5, 5.41) is 14.7. The van der Waals surface area contributed by atoms with Crippen LogP contribution in [0.15, 0.2) is 53.1 Å². The molecule has 0 aliphatic carbocycles. The predicted molar refractivity (Wildman–Crippen MR) is 90.4 cm³/mol. The minimum absolute atomic E-state index is 0.0163. The molecule has 0 saturated carbocycles. The maximum absolute atomic E-state index is 13.9. The van der Waals surface area contributed by atoms with Crippen LogP contribution in [0.25, 0.3) is 11.3 Å². The molecule has 0 radical (unpaired) electrons. The van der Waals surface area contributed by atoms with E-state index in [9.17, 15) is 19.3 Å². The number of carbonyl (C=O) groups excluding carboxylic acids is 1. The zero-order valence-corrected chi connectivity index (χ0v) is 13.4. The van der Waals surface area contributed by atoms with Gasteiger partial charge in [0.1, 0.15) is 5.82 Å². The molecular formula is C18H12FN3O4. The summed E-state index contributed by atoms with van der Waals surface area (Å²) in [6.45, 7) is 0.386. The predicted octanol–water partition coefficient (Wildman–Crippen LogP) is 3.59. The first kappa shape index (κ1) is 15.9. The van der Waals surface area contributed by atoms with Crippen LogP contribution >= 0.6 is 0 Å². The number of nitro benzene ring substituents is 1. The second kappa shape index (κ2) is 6.07. The minimum atomic E-state index is -0.506. The van der Waals surface area contributed by atoms with Gasteiger partial charge in [0.15, 0.2) is 11.5 Å². The molecule has 7 nitrogen and oxygen atoms in total. The van der Waals surface area contributed by atoms with E-state index in [-0.39, 0.29) is 22.7 Å². The SMILES string of the molecule is O=C(c1cc(-c2ccccc2F)on1)N1CCc2ccc([N+](=O)[O-])cc21. The van der Waals surface area contributed by atoms with Crippen molar-refractivity contribution in [3.05, 3.63) is 75.7 Å². The molecule has 1 amide bonds. The number of nitro groups is 1. The Balaban J connectivity index is 1.66. The summed E-state index contributed by atoms with van der Waals surface area (Å²) in [7, 11) is 0. The van der Waals surface area contributed by atoms with Gasteiger partial charge in [0.25, 0.3) is 11.6 Å². The molecular weight excluding hydrogens is 341 g/mol. The van der Waals surface area contributed by atoms with Crippen LogP contribution in [0.3, 0.4) is 0 Å². The van der Waals surface area contributed by atoms with Crippen LogP contribution in [0.1, 0.15) is 16.1 Å². The van der Waals surface area contributed by atoms with Crippen LogP contribution in [0.2, 0.25) is 0 Å². The Kier molecular flexibility index (Phi) is 3.72. The number of hydrogen-bond acceptors (Lipinski definition) is 5. The molecule has 1 aliphatic heterocycles. The molecule has 3 aromatic rings. The highest BCUT2D eigenvalue weighted by molar-refractivity contribution is 6.06. The summed E-state index contributed by atoms with van der Waals surface area (Å²) in [4.78, 5) is 24.7. The van der Waals surface area contributed by atoms with Crippen LogP contribution in [-0.2, 0) is 6.42 Å². The standard InChI is InChI=1S/C18H12FN3O4/c19-14-4-2-1-3-13(14)17-10-15(20-26-17)18(23)21-8-7-11-5-6-12(22(24)25)9-16(11)21/h1-6,9-10H,7-8H2. The third-order valence-corrected chi connectivity index (χ3v) is 4.29. The van der Waals surface area contributed by atoms with Crippen molar-refractivity contribution in [3.63, 3.8) is 0 Å². The van der Waals surface area contributed by atoms with E-state index in [0.717, 1.165) is 5.56 Å². The van der Waals surface area contributed by atoms with Crippen LogP contribution in [0.5, 0.6) is 0 Å². The quantitative estimate of drug-likeness (QED) is 0.530. The summed E-state index contributed by atoms with van der Waals surface area (Å²) in [5.74, 6) is -0.787. The van der Waals surface area contributed by atoms with E-state index < -0.39 is 16.6 Å². The topological polar surface area (TPSA) is 89.5 Å². The number of amides is 1. The lowest BCUT2D eigenvalue weighted by molar-refractivity contribution is -0.384. The number of aromatic nitrogens is 1. The fourth-order valence-electron chi connectivity index (χ4n) is 2.99. The summed E-state index contributed by atoms with van der Waals surface area (Å²) < 4.78 is 19.0. The van der Waals surface area contributed by atoms with Crippen molar-refractivity contribution in [1.82, 2.24) is 5.16 Å². The second-order valence-corrected chi connectivity index (χ2v) is 5.83. The molecule has 2 heterocycles. The monoisotopic (exact) mass is 353 g/mol. The maximum Gasteiger partial charge on any atom is 0.280 e. The Hall–Kier alpha value is -3.55. The van der Waals surface area contributed by atoms with E-state index in [1.807, 2.05) is 0 Å². The first-order valence-electron chi connectivity index (χ1n) is 7.85. The molecule has 0 fully saturated rings. The lowest BCUT2D eigenvalue weighted by Crippen LogP contribution is -2.29. The largest absolute Gasteiger partial charge is 0.355 e. The number of halogens is 1. The molecule has 0 atom stereocenters. The zero-order chi connectivity index (χ0) is 18.3. The van der Waals surface area contributed by atoms with Crippen molar-refractivity contribution in [2.75, 3.05) is 11.4 Å². The second-order valence-electron chi connectivity index (χ2n) is 5.83. The highest BCUT2D eigenvalue weighted by Gasteiger charge is 2.29. The molecule has 0 bridgehead atoms. The van der Waals surface area contributed by atoms with Crippen LogP contribution in [0.4, 0.5) is 15.8 Å². The zero-order valence-electron chi connectivity index (χ0n) is 13.4. The summed E-state index contributed by atoms with van der Waals surface area (Å²) in [5.41, 5.74) is 1.47. The Bertz CT molecular complexity index is 1030. The fourth-order valence-corrected chi connectivity index (χ4v) is 2.99. The van der Waals surface area contributed by atoms with Crippen LogP contribution < -0.4 is 4.90 Å². The third-order valence-electron chi connectivity index (χ3n) is 4.29. The van der Waals surface area contributed by atoms with Gasteiger partial charge >= 0.3 is 0 Å². The van der Waals surface area contributed by atoms with E-state index in [4.69, 9.17) is 4.52 Å². The fraction of sp³-hybridized carbons (Fsp3) is 0.111. The van der Waals surface area contributed by atoms with Crippen LogP contribution in [0, 0.1) is 15.9 Å². The molecule has 2 aromatic carbocycles.